The number of nitrogens with zero attached hydrogens (tertiary/aromatic N) is 2. The molecule has 3 heterocycles. The molecule has 2 aromatic rings. The zero-order valence-electron chi connectivity index (χ0n) is 17.1. The quantitative estimate of drug-likeness (QED) is 0.803. The first-order valence-electron chi connectivity index (χ1n) is 10.1. The number of amides is 2. The molecule has 2 amide bonds. The first kappa shape index (κ1) is 19.4. The van der Waals surface area contributed by atoms with Gasteiger partial charge >= 0.3 is 0 Å². The minimum absolute atomic E-state index is 0.0315. The predicted octanol–water partition coefficient (Wildman–Crippen LogP) is 2.94. The molecule has 1 aromatic carbocycles. The van der Waals surface area contributed by atoms with Gasteiger partial charge in [0.2, 0.25) is 5.91 Å². The maximum absolute atomic E-state index is 13.0. The van der Waals surface area contributed by atoms with Crippen molar-refractivity contribution in [2.24, 2.45) is 11.8 Å². The summed E-state index contributed by atoms with van der Waals surface area (Å²) in [7, 11) is 0. The molecule has 0 bridgehead atoms. The summed E-state index contributed by atoms with van der Waals surface area (Å²) in [5.74, 6) is 0.802. The van der Waals surface area contributed by atoms with E-state index >= 15 is 0 Å². The van der Waals surface area contributed by atoms with Crippen LogP contribution < -0.4 is 5.43 Å². The third kappa shape index (κ3) is 3.48. The van der Waals surface area contributed by atoms with Crippen molar-refractivity contribution in [1.29, 1.82) is 0 Å². The lowest BCUT2D eigenvalue weighted by Crippen LogP contribution is -2.37. The van der Waals surface area contributed by atoms with Gasteiger partial charge in [0.15, 0.2) is 11.2 Å². The Morgan fingerprint density at radius 1 is 1.10 bits per heavy atom. The van der Waals surface area contributed by atoms with Gasteiger partial charge in [-0.25, -0.2) is 0 Å². The van der Waals surface area contributed by atoms with Crippen LogP contribution in [0.15, 0.2) is 45.6 Å². The average Bonchev–Trinajstić information content (AvgIpc) is 3.24. The molecule has 2 fully saturated rings. The van der Waals surface area contributed by atoms with Gasteiger partial charge < -0.3 is 14.2 Å². The molecule has 6 nitrogen and oxygen atoms in total. The zero-order chi connectivity index (χ0) is 20.7. The Bertz CT molecular complexity index is 1010. The standard InChI is InChI=1S/C23H26N2O4/c1-4-21(27)25-12-16-11-24(23(28)20-10-17(26)9-15(3)29-20)13-19(16)22(25)18-8-6-5-7-14(18)2/h5-10,16,19,22H,4,11-13H2,1-3H3/t16-,19-,22+/m0/s1. The molecule has 3 atom stereocenters. The summed E-state index contributed by atoms with van der Waals surface area (Å²) in [6.07, 6.45) is 0.471. The molecule has 0 unspecified atom stereocenters. The summed E-state index contributed by atoms with van der Waals surface area (Å²) < 4.78 is 5.51. The van der Waals surface area contributed by atoms with Gasteiger partial charge in [0.25, 0.3) is 5.91 Å². The largest absolute Gasteiger partial charge is 0.456 e. The molecule has 0 N–H and O–H groups in total. The van der Waals surface area contributed by atoms with Crippen LogP contribution in [0.2, 0.25) is 0 Å². The Labute approximate surface area is 170 Å². The fourth-order valence-electron chi connectivity index (χ4n) is 4.85. The van der Waals surface area contributed by atoms with E-state index in [9.17, 15) is 14.4 Å². The van der Waals surface area contributed by atoms with E-state index < -0.39 is 0 Å². The van der Waals surface area contributed by atoms with Crippen molar-refractivity contribution >= 4 is 11.8 Å². The Morgan fingerprint density at radius 2 is 1.86 bits per heavy atom. The Morgan fingerprint density at radius 3 is 2.55 bits per heavy atom. The topological polar surface area (TPSA) is 70.8 Å². The van der Waals surface area contributed by atoms with Gasteiger partial charge in [-0.15, -0.1) is 0 Å². The van der Waals surface area contributed by atoms with Gasteiger partial charge in [0, 0.05) is 50.0 Å². The fourth-order valence-corrected chi connectivity index (χ4v) is 4.85. The number of carbonyl (C=O) groups excluding carboxylic acids is 2. The van der Waals surface area contributed by atoms with Crippen molar-refractivity contribution in [3.05, 3.63) is 69.3 Å². The summed E-state index contributed by atoms with van der Waals surface area (Å²) in [5, 5.41) is 0. The molecule has 2 saturated heterocycles. The van der Waals surface area contributed by atoms with Gasteiger partial charge in [-0.3, -0.25) is 14.4 Å². The zero-order valence-corrected chi connectivity index (χ0v) is 17.1. The van der Waals surface area contributed by atoms with E-state index in [0.717, 1.165) is 11.1 Å². The number of fused-ring (bicyclic) bond motifs is 1. The molecule has 1 aromatic heterocycles. The molecule has 2 aliphatic heterocycles. The van der Waals surface area contributed by atoms with Crippen LogP contribution in [0.3, 0.4) is 0 Å². The highest BCUT2D eigenvalue weighted by atomic mass is 16.3. The highest BCUT2D eigenvalue weighted by molar-refractivity contribution is 5.91. The van der Waals surface area contributed by atoms with Crippen LogP contribution in [-0.2, 0) is 4.79 Å². The second-order valence-electron chi connectivity index (χ2n) is 8.10. The molecule has 4 rings (SSSR count). The van der Waals surface area contributed by atoms with Crippen LogP contribution in [0.25, 0.3) is 0 Å². The summed E-state index contributed by atoms with van der Waals surface area (Å²) in [4.78, 5) is 41.2. The van der Waals surface area contributed by atoms with E-state index in [1.807, 2.05) is 24.0 Å². The van der Waals surface area contributed by atoms with Crippen molar-refractivity contribution in [1.82, 2.24) is 9.80 Å². The Hall–Kier alpha value is -2.89. The molecule has 29 heavy (non-hydrogen) atoms. The number of carbonyl (C=O) groups is 2. The SMILES string of the molecule is CCC(=O)N1C[C@@H]2CN(C(=O)c3cc(=O)cc(C)o3)C[C@@H]2[C@H]1c1ccccc1C. The number of benzene rings is 1. The van der Waals surface area contributed by atoms with Gasteiger partial charge in [0.1, 0.15) is 5.76 Å². The van der Waals surface area contributed by atoms with Crippen LogP contribution in [0.1, 0.15) is 46.8 Å². The van der Waals surface area contributed by atoms with Crippen LogP contribution in [0.4, 0.5) is 0 Å². The average molecular weight is 394 g/mol. The first-order chi connectivity index (χ1) is 13.9. The fraction of sp³-hybridized carbons (Fsp3) is 0.435. The van der Waals surface area contributed by atoms with E-state index in [0.29, 0.717) is 31.8 Å². The van der Waals surface area contributed by atoms with Gasteiger partial charge in [0.05, 0.1) is 6.04 Å². The van der Waals surface area contributed by atoms with Crippen LogP contribution >= 0.6 is 0 Å². The minimum atomic E-state index is -0.253. The van der Waals surface area contributed by atoms with Gasteiger partial charge in [-0.2, -0.15) is 0 Å². The molecular weight excluding hydrogens is 368 g/mol. The van der Waals surface area contributed by atoms with E-state index in [-0.39, 0.29) is 40.9 Å². The van der Waals surface area contributed by atoms with Gasteiger partial charge in [-0.1, -0.05) is 31.2 Å². The summed E-state index contributed by atoms with van der Waals surface area (Å²) in [6.45, 7) is 7.39. The van der Waals surface area contributed by atoms with E-state index in [2.05, 4.69) is 19.1 Å². The summed E-state index contributed by atoms with van der Waals surface area (Å²) in [6, 6.07) is 10.8. The molecule has 2 aliphatic rings. The van der Waals surface area contributed by atoms with Crippen molar-refractivity contribution in [3.8, 4) is 0 Å². The number of rotatable bonds is 3. The molecule has 0 saturated carbocycles. The normalized spacial score (nSPS) is 23.3. The lowest BCUT2D eigenvalue weighted by Gasteiger charge is -2.30. The smallest absolute Gasteiger partial charge is 0.289 e. The first-order valence-corrected chi connectivity index (χ1v) is 10.1. The molecule has 0 spiro atoms. The number of hydrogen-bond acceptors (Lipinski definition) is 4. The van der Waals surface area contributed by atoms with E-state index in [1.165, 1.54) is 12.1 Å². The Balaban J connectivity index is 1.63. The third-order valence-corrected chi connectivity index (χ3v) is 6.18. The number of hydrogen-bond donors (Lipinski definition) is 0. The minimum Gasteiger partial charge on any atom is -0.456 e. The predicted molar refractivity (Wildman–Crippen MR) is 109 cm³/mol. The molecule has 152 valence electrons. The van der Waals surface area contributed by atoms with Crippen molar-refractivity contribution in [3.63, 3.8) is 0 Å². The van der Waals surface area contributed by atoms with Crippen molar-refractivity contribution < 1.29 is 14.0 Å². The van der Waals surface area contributed by atoms with E-state index in [4.69, 9.17) is 4.42 Å². The highest BCUT2D eigenvalue weighted by Gasteiger charge is 2.50. The maximum Gasteiger partial charge on any atom is 0.289 e. The molecule has 0 aliphatic carbocycles. The second-order valence-corrected chi connectivity index (χ2v) is 8.10. The van der Waals surface area contributed by atoms with Crippen molar-refractivity contribution in [2.75, 3.05) is 19.6 Å². The van der Waals surface area contributed by atoms with Crippen LogP contribution in [0, 0.1) is 25.7 Å². The number of aryl methyl sites for hydroxylation is 2. The third-order valence-electron chi connectivity index (χ3n) is 6.18. The Kier molecular flexibility index (Phi) is 5.03. The number of likely N-dealkylation sites (tertiary alicyclic amines) is 2. The molecule has 6 heteroatoms. The molecular formula is C23H26N2O4. The van der Waals surface area contributed by atoms with Crippen LogP contribution in [-0.4, -0.2) is 41.2 Å². The lowest BCUT2D eigenvalue weighted by atomic mass is 9.87. The molecule has 0 radical (unpaired) electrons. The van der Waals surface area contributed by atoms with Crippen molar-refractivity contribution in [2.45, 2.75) is 33.2 Å². The monoisotopic (exact) mass is 394 g/mol. The second kappa shape index (κ2) is 7.50. The van der Waals surface area contributed by atoms with E-state index in [1.54, 1.807) is 11.8 Å². The van der Waals surface area contributed by atoms with Gasteiger partial charge in [-0.05, 0) is 25.0 Å². The van der Waals surface area contributed by atoms with Crippen LogP contribution in [0.5, 0.6) is 0 Å². The highest BCUT2D eigenvalue weighted by Crippen LogP contribution is 2.46. The summed E-state index contributed by atoms with van der Waals surface area (Å²) >= 11 is 0. The maximum atomic E-state index is 13.0. The summed E-state index contributed by atoms with van der Waals surface area (Å²) in [5.41, 5.74) is 2.08. The lowest BCUT2D eigenvalue weighted by molar-refractivity contribution is -0.132.